The molecule has 0 spiro atoms. The van der Waals surface area contributed by atoms with E-state index in [-0.39, 0.29) is 22.4 Å². The largest absolute Gasteiger partial charge is 0.307 e. The van der Waals surface area contributed by atoms with Gasteiger partial charge in [0.1, 0.15) is 6.07 Å². The minimum Gasteiger partial charge on any atom is -0.307 e. The Kier molecular flexibility index (Phi) is 3.67. The third-order valence-corrected chi connectivity index (χ3v) is 2.67. The molecule has 0 bridgehead atoms. The molecular weight excluding hydrogens is 258 g/mol. The summed E-state index contributed by atoms with van der Waals surface area (Å²) in [4.78, 5) is 10.6. The highest BCUT2D eigenvalue weighted by atomic mass is 16.6. The summed E-state index contributed by atoms with van der Waals surface area (Å²) in [6.45, 7) is 0. The van der Waals surface area contributed by atoms with Crippen LogP contribution in [0.5, 0.6) is 0 Å². The van der Waals surface area contributed by atoms with E-state index < -0.39 is 4.92 Å². The summed E-state index contributed by atoms with van der Waals surface area (Å²) < 4.78 is 0. The van der Waals surface area contributed by atoms with Crippen molar-refractivity contribution in [3.8, 4) is 6.07 Å². The quantitative estimate of drug-likeness (QED) is 0.382. The van der Waals surface area contributed by atoms with Gasteiger partial charge in [-0.25, -0.2) is 0 Å². The molecule has 1 aromatic carbocycles. The lowest BCUT2D eigenvalue weighted by atomic mass is 9.96. The molecule has 0 saturated heterocycles. The molecule has 2 rings (SSSR count). The zero-order valence-electron chi connectivity index (χ0n) is 10.2. The van der Waals surface area contributed by atoms with Gasteiger partial charge in [-0.2, -0.15) is 10.4 Å². The second kappa shape index (κ2) is 5.58. The van der Waals surface area contributed by atoms with E-state index in [0.29, 0.717) is 5.69 Å². The summed E-state index contributed by atoms with van der Waals surface area (Å²) in [6.07, 6.45) is 2.34. The Morgan fingerprint density at radius 1 is 1.45 bits per heavy atom. The Labute approximate surface area is 113 Å². The molecule has 1 heterocycles. The molecule has 2 N–H and O–H groups in total. The van der Waals surface area contributed by atoms with Crippen molar-refractivity contribution in [1.82, 2.24) is 10.2 Å². The zero-order valence-corrected chi connectivity index (χ0v) is 10.2. The predicted molar refractivity (Wildman–Crippen MR) is 72.1 cm³/mol. The second-order valence-corrected chi connectivity index (χ2v) is 3.79. The molecular formula is C13H9N5O2. The Morgan fingerprint density at radius 3 is 2.75 bits per heavy atom. The van der Waals surface area contributed by atoms with Gasteiger partial charge in [-0.05, 0) is 12.1 Å². The lowest BCUT2D eigenvalue weighted by Crippen LogP contribution is -2.00. The molecule has 7 nitrogen and oxygen atoms in total. The van der Waals surface area contributed by atoms with Crippen LogP contribution in [0.25, 0.3) is 5.57 Å². The van der Waals surface area contributed by atoms with Crippen LogP contribution in [-0.2, 0) is 0 Å². The Morgan fingerprint density at radius 2 is 2.20 bits per heavy atom. The first-order chi connectivity index (χ1) is 9.69. The van der Waals surface area contributed by atoms with Gasteiger partial charge in [-0.15, -0.1) is 0 Å². The van der Waals surface area contributed by atoms with Gasteiger partial charge in [0.25, 0.3) is 5.69 Å². The maximum atomic E-state index is 11.1. The monoisotopic (exact) mass is 267 g/mol. The number of aromatic nitrogens is 2. The van der Waals surface area contributed by atoms with Crippen molar-refractivity contribution in [2.24, 2.45) is 0 Å². The minimum absolute atomic E-state index is 0.0172. The number of nitrogens with zero attached hydrogens (tertiary/aromatic N) is 3. The number of H-pyrrole nitrogens is 1. The maximum absolute atomic E-state index is 11.1. The minimum atomic E-state index is -0.523. The van der Waals surface area contributed by atoms with Crippen molar-refractivity contribution in [3.63, 3.8) is 0 Å². The van der Waals surface area contributed by atoms with Gasteiger partial charge in [0.2, 0.25) is 0 Å². The Balaban J connectivity index is 2.79. The van der Waals surface area contributed by atoms with Gasteiger partial charge in [0, 0.05) is 24.1 Å². The number of nitriles is 1. The van der Waals surface area contributed by atoms with E-state index in [9.17, 15) is 10.1 Å². The zero-order chi connectivity index (χ0) is 14.5. The second-order valence-electron chi connectivity index (χ2n) is 3.79. The number of aromatic amines is 1. The van der Waals surface area contributed by atoms with Crippen molar-refractivity contribution in [1.29, 1.82) is 10.7 Å². The third kappa shape index (κ3) is 2.30. The van der Waals surface area contributed by atoms with Crippen LogP contribution < -0.4 is 0 Å². The van der Waals surface area contributed by atoms with E-state index >= 15 is 0 Å². The summed E-state index contributed by atoms with van der Waals surface area (Å²) >= 11 is 0. The predicted octanol–water partition coefficient (Wildman–Crippen LogP) is 2.29. The highest BCUT2D eigenvalue weighted by molar-refractivity contribution is 6.00. The molecule has 1 aromatic heterocycles. The molecule has 0 fully saturated rings. The number of hydrogen-bond donors (Lipinski definition) is 2. The van der Waals surface area contributed by atoms with Gasteiger partial charge in [0.15, 0.2) is 0 Å². The highest BCUT2D eigenvalue weighted by Gasteiger charge is 2.21. The van der Waals surface area contributed by atoms with Gasteiger partial charge in [0.05, 0.1) is 21.8 Å². The number of para-hydroxylation sites is 1. The standard InChI is InChI=1S/C13H9N5O2/c14-7-9(8-15)13(11-5-6-16-17-11)10-3-1-2-4-12(10)18(19)20/h1-7,14H,(H,16,17)/b13-9+,14-7?. The van der Waals surface area contributed by atoms with Crippen molar-refractivity contribution >= 4 is 17.5 Å². The number of nitro benzene ring substituents is 1. The molecule has 2 aromatic rings. The van der Waals surface area contributed by atoms with Crippen LogP contribution in [0.4, 0.5) is 5.69 Å². The topological polar surface area (TPSA) is 119 Å². The van der Waals surface area contributed by atoms with Crippen LogP contribution in [0.15, 0.2) is 42.1 Å². The van der Waals surface area contributed by atoms with E-state index in [4.69, 9.17) is 10.7 Å². The molecule has 0 radical (unpaired) electrons. The fraction of sp³-hybridized carbons (Fsp3) is 0. The van der Waals surface area contributed by atoms with Crippen LogP contribution >= 0.6 is 0 Å². The smallest absolute Gasteiger partial charge is 0.277 e. The molecule has 0 aliphatic carbocycles. The van der Waals surface area contributed by atoms with Crippen LogP contribution in [0.2, 0.25) is 0 Å². The first-order valence-electron chi connectivity index (χ1n) is 5.57. The first-order valence-corrected chi connectivity index (χ1v) is 5.57. The molecule has 98 valence electrons. The number of hydrogen-bond acceptors (Lipinski definition) is 5. The fourth-order valence-corrected chi connectivity index (χ4v) is 1.83. The molecule has 0 amide bonds. The van der Waals surface area contributed by atoms with Gasteiger partial charge < -0.3 is 5.41 Å². The summed E-state index contributed by atoms with van der Waals surface area (Å²) in [5.74, 6) is 0. The summed E-state index contributed by atoms with van der Waals surface area (Å²) in [7, 11) is 0. The van der Waals surface area contributed by atoms with Crippen LogP contribution in [0, 0.1) is 26.9 Å². The van der Waals surface area contributed by atoms with Crippen molar-refractivity contribution < 1.29 is 4.92 Å². The Hall–Kier alpha value is -3.27. The SMILES string of the molecule is N#C/C(C=N)=C(/c1ccn[nH]1)c1ccccc1[N+](=O)[O-]. The van der Waals surface area contributed by atoms with Crippen molar-refractivity contribution in [3.05, 3.63) is 63.5 Å². The number of allylic oxidation sites excluding steroid dienone is 1. The Bertz CT molecular complexity index is 725. The van der Waals surface area contributed by atoms with Crippen molar-refractivity contribution in [2.45, 2.75) is 0 Å². The average molecular weight is 267 g/mol. The summed E-state index contributed by atoms with van der Waals surface area (Å²) in [6, 6.07) is 9.53. The maximum Gasteiger partial charge on any atom is 0.277 e. The summed E-state index contributed by atoms with van der Waals surface area (Å²) in [5.41, 5.74) is 0.878. The molecule has 0 aliphatic heterocycles. The number of nitro groups is 1. The normalized spacial score (nSPS) is 11.3. The molecule has 20 heavy (non-hydrogen) atoms. The number of nitrogens with one attached hydrogen (secondary N) is 2. The molecule has 7 heteroatoms. The van der Waals surface area contributed by atoms with E-state index in [1.807, 2.05) is 6.07 Å². The lowest BCUT2D eigenvalue weighted by molar-refractivity contribution is -0.385. The highest BCUT2D eigenvalue weighted by Crippen LogP contribution is 2.31. The molecule has 0 saturated carbocycles. The van der Waals surface area contributed by atoms with Crippen LogP contribution in [-0.4, -0.2) is 21.3 Å². The molecule has 0 aliphatic rings. The van der Waals surface area contributed by atoms with Crippen LogP contribution in [0.3, 0.4) is 0 Å². The number of benzene rings is 1. The van der Waals surface area contributed by atoms with Gasteiger partial charge in [-0.1, -0.05) is 12.1 Å². The van der Waals surface area contributed by atoms with Crippen molar-refractivity contribution in [2.75, 3.05) is 0 Å². The van der Waals surface area contributed by atoms with E-state index in [0.717, 1.165) is 6.21 Å². The van der Waals surface area contributed by atoms with Crippen LogP contribution in [0.1, 0.15) is 11.3 Å². The van der Waals surface area contributed by atoms with Gasteiger partial charge >= 0.3 is 0 Å². The average Bonchev–Trinajstić information content (AvgIpc) is 2.98. The van der Waals surface area contributed by atoms with E-state index in [2.05, 4.69) is 10.2 Å². The molecule has 0 unspecified atom stereocenters. The fourth-order valence-electron chi connectivity index (χ4n) is 1.83. The molecule has 0 atom stereocenters. The first kappa shape index (κ1) is 13.2. The summed E-state index contributed by atoms with van der Waals surface area (Å²) in [5, 5.41) is 34.0. The van der Waals surface area contributed by atoms with Gasteiger partial charge in [-0.3, -0.25) is 15.2 Å². The van der Waals surface area contributed by atoms with E-state index in [1.165, 1.54) is 18.3 Å². The number of rotatable bonds is 4. The lowest BCUT2D eigenvalue weighted by Gasteiger charge is -2.07. The van der Waals surface area contributed by atoms with E-state index in [1.54, 1.807) is 18.2 Å². The third-order valence-electron chi connectivity index (χ3n) is 2.67.